The number of ether oxygens (including phenoxy) is 1. The van der Waals surface area contributed by atoms with E-state index in [1.807, 2.05) is 6.07 Å². The molecule has 2 aromatic rings. The number of benzene rings is 1. The molecule has 0 aliphatic rings. The second kappa shape index (κ2) is 6.16. The molecule has 20 heavy (non-hydrogen) atoms. The van der Waals surface area contributed by atoms with Crippen molar-refractivity contribution < 1.29 is 9.15 Å². The predicted molar refractivity (Wildman–Crippen MR) is 82.3 cm³/mol. The molecule has 6 heteroatoms. The van der Waals surface area contributed by atoms with Crippen molar-refractivity contribution in [3.63, 3.8) is 0 Å². The third-order valence-electron chi connectivity index (χ3n) is 2.42. The normalized spacial score (nSPS) is 11.7. The van der Waals surface area contributed by atoms with Gasteiger partial charge in [-0.1, -0.05) is 27.5 Å². The molecule has 0 unspecified atom stereocenters. The molecular weight excluding hydrogens is 344 g/mol. The van der Waals surface area contributed by atoms with Crippen molar-refractivity contribution in [1.29, 1.82) is 0 Å². The third kappa shape index (κ3) is 4.51. The van der Waals surface area contributed by atoms with E-state index in [4.69, 9.17) is 20.8 Å². The van der Waals surface area contributed by atoms with E-state index in [1.165, 1.54) is 0 Å². The zero-order valence-electron chi connectivity index (χ0n) is 11.5. The van der Waals surface area contributed by atoms with Crippen LogP contribution in [-0.2, 0) is 6.54 Å². The summed E-state index contributed by atoms with van der Waals surface area (Å²) in [4.78, 5) is 4.25. The van der Waals surface area contributed by atoms with Crippen molar-refractivity contribution in [2.45, 2.75) is 32.9 Å². The molecule has 0 fully saturated rings. The Morgan fingerprint density at radius 2 is 2.15 bits per heavy atom. The van der Waals surface area contributed by atoms with Gasteiger partial charge in [-0.25, -0.2) is 0 Å². The maximum absolute atomic E-state index is 6.07. The molecule has 0 bridgehead atoms. The van der Waals surface area contributed by atoms with Crippen LogP contribution in [0.5, 0.6) is 11.8 Å². The molecule has 0 radical (unpaired) electrons. The van der Waals surface area contributed by atoms with Gasteiger partial charge in [0, 0.05) is 16.6 Å². The molecule has 1 N–H and O–H groups in total. The average Bonchev–Trinajstić information content (AvgIpc) is 2.77. The lowest BCUT2D eigenvalue weighted by Crippen LogP contribution is -2.35. The van der Waals surface area contributed by atoms with Crippen molar-refractivity contribution in [3.05, 3.63) is 39.7 Å². The number of halogens is 2. The number of hydrogen-bond donors (Lipinski definition) is 1. The highest BCUT2D eigenvalue weighted by Crippen LogP contribution is 2.31. The zero-order valence-corrected chi connectivity index (χ0v) is 13.9. The van der Waals surface area contributed by atoms with Crippen LogP contribution in [0, 0.1) is 0 Å². The average molecular weight is 360 g/mol. The fraction of sp³-hybridized carbons (Fsp3) is 0.357. The molecule has 0 atom stereocenters. The van der Waals surface area contributed by atoms with Crippen molar-refractivity contribution in [2.75, 3.05) is 0 Å². The number of hydrogen-bond acceptors (Lipinski definition) is 4. The van der Waals surface area contributed by atoms with Crippen molar-refractivity contribution in [1.82, 2.24) is 10.3 Å². The molecular formula is C14H16BrClN2O2. The smallest absolute Gasteiger partial charge is 0.399 e. The Balaban J connectivity index is 2.02. The summed E-state index contributed by atoms with van der Waals surface area (Å²) >= 11 is 9.41. The molecule has 1 aromatic carbocycles. The Morgan fingerprint density at radius 3 is 2.80 bits per heavy atom. The van der Waals surface area contributed by atoms with Gasteiger partial charge in [-0.15, -0.1) is 0 Å². The van der Waals surface area contributed by atoms with E-state index in [0.29, 0.717) is 17.3 Å². The lowest BCUT2D eigenvalue weighted by atomic mass is 10.1. The summed E-state index contributed by atoms with van der Waals surface area (Å²) in [6, 6.07) is 5.35. The SMILES string of the molecule is CC(C)(C)NCc1coc(Oc2ccc(Br)cc2Cl)n1. The summed E-state index contributed by atoms with van der Waals surface area (Å²) in [5.41, 5.74) is 0.804. The van der Waals surface area contributed by atoms with Gasteiger partial charge in [0.15, 0.2) is 5.75 Å². The second-order valence-corrected chi connectivity index (χ2v) is 6.71. The van der Waals surface area contributed by atoms with E-state index in [2.05, 4.69) is 47.0 Å². The van der Waals surface area contributed by atoms with Gasteiger partial charge in [-0.3, -0.25) is 0 Å². The number of rotatable bonds is 4. The fourth-order valence-electron chi connectivity index (χ4n) is 1.42. The summed E-state index contributed by atoms with van der Waals surface area (Å²) in [5.74, 6) is 0.507. The first kappa shape index (κ1) is 15.4. The highest BCUT2D eigenvalue weighted by Gasteiger charge is 2.12. The highest BCUT2D eigenvalue weighted by molar-refractivity contribution is 9.10. The summed E-state index contributed by atoms with van der Waals surface area (Å²) in [5, 5.41) is 3.82. The number of nitrogens with zero attached hydrogens (tertiary/aromatic N) is 1. The minimum absolute atomic E-state index is 0.0228. The van der Waals surface area contributed by atoms with Gasteiger partial charge in [-0.2, -0.15) is 4.98 Å². The molecule has 108 valence electrons. The summed E-state index contributed by atoms with van der Waals surface area (Å²) in [6.07, 6.45) is 1.75. The van der Waals surface area contributed by atoms with Gasteiger partial charge in [0.25, 0.3) is 0 Å². The first-order valence-corrected chi connectivity index (χ1v) is 7.33. The standard InChI is InChI=1S/C14H16BrClN2O2/c1-14(2,3)17-7-10-8-19-13(18-10)20-12-5-4-9(15)6-11(12)16/h4-6,8,17H,7H2,1-3H3. The van der Waals surface area contributed by atoms with Gasteiger partial charge in [0.1, 0.15) is 6.26 Å². The van der Waals surface area contributed by atoms with E-state index in [0.717, 1.165) is 10.2 Å². The van der Waals surface area contributed by atoms with E-state index in [-0.39, 0.29) is 11.6 Å². The van der Waals surface area contributed by atoms with Crippen LogP contribution in [0.4, 0.5) is 0 Å². The lowest BCUT2D eigenvalue weighted by molar-refractivity contribution is 0.331. The molecule has 0 amide bonds. The van der Waals surface area contributed by atoms with Crippen LogP contribution in [-0.4, -0.2) is 10.5 Å². The molecule has 0 aliphatic carbocycles. The minimum Gasteiger partial charge on any atom is -0.417 e. The molecule has 0 saturated carbocycles. The topological polar surface area (TPSA) is 47.3 Å². The van der Waals surface area contributed by atoms with E-state index in [9.17, 15) is 0 Å². The van der Waals surface area contributed by atoms with E-state index in [1.54, 1.807) is 18.4 Å². The quantitative estimate of drug-likeness (QED) is 0.854. The predicted octanol–water partition coefficient (Wildman–Crippen LogP) is 4.77. The molecule has 1 aromatic heterocycles. The number of aromatic nitrogens is 1. The monoisotopic (exact) mass is 358 g/mol. The van der Waals surface area contributed by atoms with Gasteiger partial charge in [0.2, 0.25) is 0 Å². The lowest BCUT2D eigenvalue weighted by Gasteiger charge is -2.19. The van der Waals surface area contributed by atoms with Crippen LogP contribution < -0.4 is 10.1 Å². The number of oxazole rings is 1. The number of nitrogens with one attached hydrogen (secondary N) is 1. The van der Waals surface area contributed by atoms with Gasteiger partial charge in [-0.05, 0) is 39.0 Å². The maximum atomic E-state index is 6.07. The largest absolute Gasteiger partial charge is 0.417 e. The first-order valence-electron chi connectivity index (χ1n) is 6.16. The minimum atomic E-state index is 0.0228. The highest BCUT2D eigenvalue weighted by atomic mass is 79.9. The Kier molecular flexibility index (Phi) is 4.73. The molecule has 1 heterocycles. The van der Waals surface area contributed by atoms with Gasteiger partial charge >= 0.3 is 6.08 Å². The van der Waals surface area contributed by atoms with Crippen LogP contribution in [0.2, 0.25) is 5.02 Å². The van der Waals surface area contributed by atoms with E-state index < -0.39 is 0 Å². The third-order valence-corrected chi connectivity index (χ3v) is 3.21. The summed E-state index contributed by atoms with van der Waals surface area (Å²) in [7, 11) is 0. The van der Waals surface area contributed by atoms with Crippen molar-refractivity contribution >= 4 is 27.5 Å². The molecule has 2 rings (SSSR count). The Bertz CT molecular complexity index is 593. The van der Waals surface area contributed by atoms with Crippen LogP contribution in [0.3, 0.4) is 0 Å². The van der Waals surface area contributed by atoms with Crippen molar-refractivity contribution in [3.8, 4) is 11.8 Å². The maximum Gasteiger partial charge on any atom is 0.399 e. The van der Waals surface area contributed by atoms with Gasteiger partial charge in [0.05, 0.1) is 10.7 Å². The Hall–Kier alpha value is -1.04. The Labute approximate surface area is 131 Å². The van der Waals surface area contributed by atoms with Crippen LogP contribution in [0.15, 0.2) is 33.4 Å². The molecule has 4 nitrogen and oxygen atoms in total. The Morgan fingerprint density at radius 1 is 1.40 bits per heavy atom. The molecule has 0 saturated heterocycles. The first-order chi connectivity index (χ1) is 9.33. The molecule has 0 spiro atoms. The van der Waals surface area contributed by atoms with Crippen LogP contribution in [0.1, 0.15) is 26.5 Å². The summed E-state index contributed by atoms with van der Waals surface area (Å²) < 4.78 is 11.7. The molecule has 0 aliphatic heterocycles. The van der Waals surface area contributed by atoms with E-state index >= 15 is 0 Å². The van der Waals surface area contributed by atoms with Crippen molar-refractivity contribution in [2.24, 2.45) is 0 Å². The van der Waals surface area contributed by atoms with Gasteiger partial charge < -0.3 is 14.5 Å². The summed E-state index contributed by atoms with van der Waals surface area (Å²) in [6.45, 7) is 6.88. The fourth-order valence-corrected chi connectivity index (χ4v) is 2.14. The zero-order chi connectivity index (χ0) is 14.8. The van der Waals surface area contributed by atoms with Crippen LogP contribution in [0.25, 0.3) is 0 Å². The second-order valence-electron chi connectivity index (χ2n) is 5.39. The van der Waals surface area contributed by atoms with Crippen LogP contribution >= 0.6 is 27.5 Å².